The quantitative estimate of drug-likeness (QED) is 0.681. The van der Waals surface area contributed by atoms with Crippen molar-refractivity contribution in [3.05, 3.63) is 53.6 Å². The van der Waals surface area contributed by atoms with E-state index in [0.717, 1.165) is 26.1 Å². The van der Waals surface area contributed by atoms with Gasteiger partial charge in [0, 0.05) is 23.9 Å². The Morgan fingerprint density at radius 1 is 1.23 bits per heavy atom. The van der Waals surface area contributed by atoms with Crippen molar-refractivity contribution in [2.75, 3.05) is 19.8 Å². The maximum atomic E-state index is 12.8. The molecule has 0 radical (unpaired) electrons. The second-order valence-corrected chi connectivity index (χ2v) is 11.1. The number of nitrogens with one attached hydrogen (secondary N) is 1. The van der Waals surface area contributed by atoms with Crippen LogP contribution in [0.4, 0.5) is 0 Å². The number of hydrogen-bond acceptors (Lipinski definition) is 5. The van der Waals surface area contributed by atoms with E-state index in [0.29, 0.717) is 6.42 Å². The van der Waals surface area contributed by atoms with E-state index in [4.69, 9.17) is 4.74 Å². The lowest BCUT2D eigenvalue weighted by Gasteiger charge is -2.38. The molecular weight excluding hydrogens is 420 g/mol. The third kappa shape index (κ3) is 4.99. The molecule has 1 heterocycles. The Hall–Kier alpha value is -2.03. The summed E-state index contributed by atoms with van der Waals surface area (Å²) in [6.07, 6.45) is 2.53. The Bertz CT molecular complexity index is 1030. The fourth-order valence-corrected chi connectivity index (χ4v) is 5.08. The summed E-state index contributed by atoms with van der Waals surface area (Å²) in [6.45, 7) is 5.69. The summed E-state index contributed by atoms with van der Waals surface area (Å²) in [5.41, 5.74) is 1.55. The topological polar surface area (TPSA) is 75.7 Å². The first-order valence-corrected chi connectivity index (χ1v) is 12.4. The molecule has 0 aromatic heterocycles. The fourth-order valence-electron chi connectivity index (χ4n) is 3.54. The van der Waals surface area contributed by atoms with E-state index in [2.05, 4.69) is 5.32 Å². The van der Waals surface area contributed by atoms with Crippen molar-refractivity contribution in [1.82, 2.24) is 9.62 Å². The van der Waals surface area contributed by atoms with E-state index in [9.17, 15) is 13.2 Å². The van der Waals surface area contributed by atoms with Crippen molar-refractivity contribution in [3.8, 4) is 5.75 Å². The number of likely N-dealkylation sites (N-methyl/N-ethyl adjacent to an activating group) is 1. The number of sulfonamides is 1. The van der Waals surface area contributed by atoms with Gasteiger partial charge in [0.2, 0.25) is 15.9 Å². The summed E-state index contributed by atoms with van der Waals surface area (Å²) in [7, 11) is -2.33. The molecule has 2 aromatic carbocycles. The first kappa shape index (κ1) is 22.7. The first-order valence-electron chi connectivity index (χ1n) is 9.71. The highest BCUT2D eigenvalue weighted by Crippen LogP contribution is 2.39. The second-order valence-electron chi connectivity index (χ2n) is 8.16. The van der Waals surface area contributed by atoms with Crippen LogP contribution in [0.3, 0.4) is 0 Å². The van der Waals surface area contributed by atoms with E-state index in [1.165, 1.54) is 18.8 Å². The maximum absolute atomic E-state index is 12.8. The van der Waals surface area contributed by atoms with Gasteiger partial charge < -0.3 is 10.1 Å². The molecule has 1 N–H and O–H groups in total. The molecule has 1 aliphatic rings. The van der Waals surface area contributed by atoms with Crippen LogP contribution in [0.25, 0.3) is 0 Å². The molecule has 162 valence electrons. The third-order valence-electron chi connectivity index (χ3n) is 5.10. The average molecular weight is 449 g/mol. The van der Waals surface area contributed by atoms with Crippen LogP contribution < -0.4 is 10.1 Å². The zero-order chi connectivity index (χ0) is 22.1. The van der Waals surface area contributed by atoms with Gasteiger partial charge >= 0.3 is 0 Å². The fraction of sp³-hybridized carbons (Fsp3) is 0.409. The van der Waals surface area contributed by atoms with Crippen LogP contribution >= 0.6 is 11.8 Å². The van der Waals surface area contributed by atoms with Crippen LogP contribution in [0.2, 0.25) is 0 Å². The summed E-state index contributed by atoms with van der Waals surface area (Å²) >= 11 is 1.54. The number of ether oxygens (including phenoxy) is 1. The number of thioether (sulfide) groups is 1. The molecule has 0 fully saturated rings. The number of amides is 1. The lowest BCUT2D eigenvalue weighted by atomic mass is 9.89. The second kappa shape index (κ2) is 8.61. The normalized spacial score (nSPS) is 17.9. The highest BCUT2D eigenvalue weighted by atomic mass is 32.2. The lowest BCUT2D eigenvalue weighted by Crippen LogP contribution is -2.44. The number of carbonyl (C=O) groups is 1. The number of nitrogens with zero attached hydrogens (tertiary/aromatic N) is 1. The van der Waals surface area contributed by atoms with Crippen molar-refractivity contribution in [2.45, 2.75) is 48.6 Å². The third-order valence-corrected chi connectivity index (χ3v) is 7.66. The van der Waals surface area contributed by atoms with Crippen molar-refractivity contribution >= 4 is 27.7 Å². The molecule has 0 saturated heterocycles. The van der Waals surface area contributed by atoms with Gasteiger partial charge in [-0.15, -0.1) is 11.8 Å². The molecule has 0 bridgehead atoms. The molecule has 2 aromatic rings. The van der Waals surface area contributed by atoms with Gasteiger partial charge in [-0.1, -0.05) is 12.1 Å². The largest absolute Gasteiger partial charge is 0.487 e. The SMILES string of the molecule is CSc1ccc(S(=O)(=O)N(C)CC(=O)N[C@H]2CC(C)(C)Oc3cc(C)ccc32)cc1. The van der Waals surface area contributed by atoms with Gasteiger partial charge in [-0.05, 0) is 62.9 Å². The van der Waals surface area contributed by atoms with Crippen LogP contribution in [0, 0.1) is 6.92 Å². The Balaban J connectivity index is 1.73. The van der Waals surface area contributed by atoms with Gasteiger partial charge in [-0.2, -0.15) is 4.31 Å². The molecule has 6 nitrogen and oxygen atoms in total. The summed E-state index contributed by atoms with van der Waals surface area (Å²) in [4.78, 5) is 13.9. The van der Waals surface area contributed by atoms with E-state index in [1.54, 1.807) is 24.3 Å². The van der Waals surface area contributed by atoms with E-state index < -0.39 is 15.6 Å². The summed E-state index contributed by atoms with van der Waals surface area (Å²) in [5, 5.41) is 2.99. The van der Waals surface area contributed by atoms with Crippen LogP contribution in [0.5, 0.6) is 5.75 Å². The van der Waals surface area contributed by atoms with Crippen LogP contribution in [-0.4, -0.2) is 44.1 Å². The highest BCUT2D eigenvalue weighted by molar-refractivity contribution is 7.98. The van der Waals surface area contributed by atoms with Crippen LogP contribution in [0.15, 0.2) is 52.3 Å². The predicted molar refractivity (Wildman–Crippen MR) is 119 cm³/mol. The number of aryl methyl sites for hydroxylation is 1. The summed E-state index contributed by atoms with van der Waals surface area (Å²) in [6, 6.07) is 12.3. The molecule has 1 amide bonds. The van der Waals surface area contributed by atoms with Crippen molar-refractivity contribution in [2.24, 2.45) is 0 Å². The maximum Gasteiger partial charge on any atom is 0.243 e. The molecule has 30 heavy (non-hydrogen) atoms. The number of carbonyl (C=O) groups excluding carboxylic acids is 1. The Kier molecular flexibility index (Phi) is 6.50. The van der Waals surface area contributed by atoms with Crippen molar-refractivity contribution in [1.29, 1.82) is 0 Å². The zero-order valence-electron chi connectivity index (χ0n) is 17.9. The molecule has 3 rings (SSSR count). The minimum atomic E-state index is -3.75. The van der Waals surface area contributed by atoms with Crippen molar-refractivity contribution in [3.63, 3.8) is 0 Å². The number of fused-ring (bicyclic) bond motifs is 1. The van der Waals surface area contributed by atoms with Gasteiger partial charge in [0.15, 0.2) is 0 Å². The Morgan fingerprint density at radius 2 is 1.90 bits per heavy atom. The average Bonchev–Trinajstić information content (AvgIpc) is 2.66. The van der Waals surface area contributed by atoms with Crippen LogP contribution in [-0.2, 0) is 14.8 Å². The van der Waals surface area contributed by atoms with Gasteiger partial charge in [-0.25, -0.2) is 8.42 Å². The molecule has 8 heteroatoms. The molecular formula is C22H28N2O4S2. The Morgan fingerprint density at radius 3 is 2.53 bits per heavy atom. The van der Waals surface area contributed by atoms with Crippen LogP contribution in [0.1, 0.15) is 37.4 Å². The highest BCUT2D eigenvalue weighted by Gasteiger charge is 2.35. The van der Waals surface area contributed by atoms with Gasteiger partial charge in [0.1, 0.15) is 11.4 Å². The molecule has 0 aliphatic carbocycles. The molecule has 0 unspecified atom stereocenters. The monoisotopic (exact) mass is 448 g/mol. The smallest absolute Gasteiger partial charge is 0.243 e. The zero-order valence-corrected chi connectivity index (χ0v) is 19.6. The number of rotatable bonds is 6. The predicted octanol–water partition coefficient (Wildman–Crippen LogP) is 3.76. The number of hydrogen-bond donors (Lipinski definition) is 1. The molecule has 1 aliphatic heterocycles. The van der Waals surface area contributed by atoms with Gasteiger partial charge in [0.05, 0.1) is 17.5 Å². The summed E-state index contributed by atoms with van der Waals surface area (Å²) in [5.74, 6) is 0.405. The van der Waals surface area contributed by atoms with Gasteiger partial charge in [-0.3, -0.25) is 4.79 Å². The van der Waals surface area contributed by atoms with E-state index >= 15 is 0 Å². The van der Waals surface area contributed by atoms with Gasteiger partial charge in [0.25, 0.3) is 0 Å². The molecule has 1 atom stereocenters. The summed E-state index contributed by atoms with van der Waals surface area (Å²) < 4.78 is 32.8. The standard InChI is InChI=1S/C22H28N2O4S2/c1-15-6-11-18-19(13-22(2,3)28-20(18)12-15)23-21(25)14-24(4)30(26,27)17-9-7-16(29-5)8-10-17/h6-12,19H,13-14H2,1-5H3,(H,23,25)/t19-/m0/s1. The van der Waals surface area contributed by atoms with Crippen molar-refractivity contribution < 1.29 is 17.9 Å². The minimum absolute atomic E-state index is 0.170. The molecule has 0 saturated carbocycles. The first-order chi connectivity index (χ1) is 14.0. The van der Waals surface area contributed by atoms with E-state index in [1.807, 2.05) is 45.2 Å². The molecule has 0 spiro atoms. The lowest BCUT2D eigenvalue weighted by molar-refractivity contribution is -0.122. The van der Waals surface area contributed by atoms with E-state index in [-0.39, 0.29) is 23.4 Å². The number of benzene rings is 2. The minimum Gasteiger partial charge on any atom is -0.487 e. The Labute approximate surface area is 183 Å².